The number of nitrogen functional groups attached to an aromatic ring is 1. The molecular weight excluding hydrogens is 639 g/mol. The van der Waals surface area contributed by atoms with E-state index in [-0.39, 0.29) is 52.7 Å². The molecule has 12 heteroatoms. The van der Waals surface area contributed by atoms with Crippen LogP contribution in [0.4, 0.5) is 11.9 Å². The Morgan fingerprint density at radius 1 is 0.898 bits per heavy atom. The number of aromatic nitrogens is 4. The predicted molar refractivity (Wildman–Crippen MR) is 189 cm³/mol. The molecule has 252 valence electrons. The molecule has 4 bridgehead atoms. The van der Waals surface area contributed by atoms with Crippen LogP contribution in [-0.4, -0.2) is 51.8 Å². The minimum Gasteiger partial charge on any atom is -0.475 e. The number of aryl methyl sites for hydroxylation is 2. The van der Waals surface area contributed by atoms with E-state index in [1.165, 1.54) is 12.1 Å². The zero-order valence-corrected chi connectivity index (χ0v) is 29.0. The van der Waals surface area contributed by atoms with Crippen molar-refractivity contribution in [3.63, 3.8) is 0 Å². The summed E-state index contributed by atoms with van der Waals surface area (Å²) in [5.74, 6) is -0.0526. The number of ether oxygens (including phenoxy) is 1. The molecule has 1 amide bonds. The number of carbonyl (C=O) groups excluding carboxylic acids is 1. The number of amides is 1. The van der Waals surface area contributed by atoms with Crippen LogP contribution in [0.3, 0.4) is 0 Å². The minimum absolute atomic E-state index is 0.0801. The molecule has 0 unspecified atom stereocenters. The van der Waals surface area contributed by atoms with Gasteiger partial charge in [-0.15, -0.1) is 0 Å². The van der Waals surface area contributed by atoms with Crippen LogP contribution < -0.4 is 15.2 Å². The Morgan fingerprint density at radius 3 is 2.24 bits per heavy atom. The fraction of sp³-hybridized carbons (Fsp3) is 0.270. The van der Waals surface area contributed by atoms with Crippen molar-refractivity contribution in [3.8, 4) is 28.3 Å². The molecule has 0 aliphatic carbocycles. The second kappa shape index (κ2) is 13.3. The van der Waals surface area contributed by atoms with Gasteiger partial charge in [-0.1, -0.05) is 69.3 Å². The highest BCUT2D eigenvalue weighted by Gasteiger charge is 2.31. The monoisotopic (exact) mass is 677 g/mol. The van der Waals surface area contributed by atoms with Gasteiger partial charge < -0.3 is 15.4 Å². The number of nitrogens with one attached hydrogen (secondary N) is 1. The minimum atomic E-state index is -4.17. The third-order valence-corrected chi connectivity index (χ3v) is 9.67. The van der Waals surface area contributed by atoms with Crippen molar-refractivity contribution in [1.29, 1.82) is 0 Å². The van der Waals surface area contributed by atoms with Gasteiger partial charge >= 0.3 is 0 Å². The standard InChI is InChI=1S/C37H39N7O4S/c1-23-8-6-9-24(2)33(23)31-17-32-42-36(41-31)43-49(46,47)30-11-7-10-27(16-30)34(45)44(29(22-48-32)18-37(3,4)5)21-25-12-14-26(15-13-25)28-19-39-35(38)40-20-28/h6-17,19-20,29H,18,21-22H2,1-5H3,(H2,38,39,40)(H,41,42,43)/t29-/m1/s1. The van der Waals surface area contributed by atoms with Gasteiger partial charge in [0.2, 0.25) is 17.8 Å². The van der Waals surface area contributed by atoms with Crippen LogP contribution in [0.25, 0.3) is 22.4 Å². The lowest BCUT2D eigenvalue weighted by Gasteiger charge is -2.36. The highest BCUT2D eigenvalue weighted by atomic mass is 32.2. The number of anilines is 2. The Labute approximate surface area is 286 Å². The Bertz CT molecular complexity index is 2090. The fourth-order valence-corrected chi connectivity index (χ4v) is 7.02. The van der Waals surface area contributed by atoms with E-state index in [0.29, 0.717) is 12.1 Å². The van der Waals surface area contributed by atoms with Crippen molar-refractivity contribution < 1.29 is 17.9 Å². The maximum absolute atomic E-state index is 14.4. The summed E-state index contributed by atoms with van der Waals surface area (Å²) >= 11 is 0. The van der Waals surface area contributed by atoms with Gasteiger partial charge in [0.1, 0.15) is 6.61 Å². The van der Waals surface area contributed by atoms with Crippen molar-refractivity contribution in [2.24, 2.45) is 5.41 Å². The molecular formula is C37H39N7O4S. The maximum Gasteiger partial charge on any atom is 0.264 e. The summed E-state index contributed by atoms with van der Waals surface area (Å²) in [6, 6.07) is 21.0. The van der Waals surface area contributed by atoms with Gasteiger partial charge in [-0.2, -0.15) is 4.98 Å². The topological polar surface area (TPSA) is 153 Å². The van der Waals surface area contributed by atoms with E-state index < -0.39 is 16.1 Å². The summed E-state index contributed by atoms with van der Waals surface area (Å²) in [4.78, 5) is 33.4. The molecule has 1 aliphatic rings. The molecule has 2 aromatic heterocycles. The summed E-state index contributed by atoms with van der Waals surface area (Å²) in [6.45, 7) is 10.6. The van der Waals surface area contributed by atoms with Gasteiger partial charge in [0.15, 0.2) is 0 Å². The molecule has 5 aromatic rings. The smallest absolute Gasteiger partial charge is 0.264 e. The molecule has 0 saturated carbocycles. The average molecular weight is 678 g/mol. The van der Waals surface area contributed by atoms with Crippen LogP contribution in [0.5, 0.6) is 5.88 Å². The Morgan fingerprint density at radius 2 is 1.57 bits per heavy atom. The molecule has 0 fully saturated rings. The van der Waals surface area contributed by atoms with Gasteiger partial charge in [0.05, 0.1) is 16.6 Å². The summed E-state index contributed by atoms with van der Waals surface area (Å²) in [6.07, 6.45) is 3.92. The predicted octanol–water partition coefficient (Wildman–Crippen LogP) is 6.44. The number of hydrogen-bond acceptors (Lipinski definition) is 9. The van der Waals surface area contributed by atoms with Crippen molar-refractivity contribution in [3.05, 3.63) is 107 Å². The number of benzene rings is 3. The molecule has 11 nitrogen and oxygen atoms in total. The van der Waals surface area contributed by atoms with E-state index in [9.17, 15) is 13.2 Å². The number of sulfonamides is 1. The highest BCUT2D eigenvalue weighted by molar-refractivity contribution is 7.92. The highest BCUT2D eigenvalue weighted by Crippen LogP contribution is 2.32. The summed E-state index contributed by atoms with van der Waals surface area (Å²) in [5, 5.41) is 0. The Hall–Kier alpha value is -5.36. The van der Waals surface area contributed by atoms with E-state index >= 15 is 0 Å². The van der Waals surface area contributed by atoms with Crippen LogP contribution in [-0.2, 0) is 16.6 Å². The van der Waals surface area contributed by atoms with Gasteiger partial charge in [-0.3, -0.25) is 4.79 Å². The zero-order valence-electron chi connectivity index (χ0n) is 28.1. The lowest BCUT2D eigenvalue weighted by atomic mass is 9.87. The molecule has 1 atom stereocenters. The zero-order chi connectivity index (χ0) is 34.9. The summed E-state index contributed by atoms with van der Waals surface area (Å²) in [5.41, 5.74) is 11.6. The average Bonchev–Trinajstić information content (AvgIpc) is 3.05. The van der Waals surface area contributed by atoms with Crippen LogP contribution in [0.15, 0.2) is 90.1 Å². The first kappa shape index (κ1) is 33.5. The molecule has 49 heavy (non-hydrogen) atoms. The first-order valence-corrected chi connectivity index (χ1v) is 17.4. The van der Waals surface area contributed by atoms with E-state index in [4.69, 9.17) is 10.5 Å². The molecule has 6 rings (SSSR count). The molecule has 1 aliphatic heterocycles. The molecule has 0 spiro atoms. The quantitative estimate of drug-likeness (QED) is 0.214. The molecule has 3 heterocycles. The number of carbonyl (C=O) groups is 1. The van der Waals surface area contributed by atoms with Gasteiger partial charge in [-0.05, 0) is 66.1 Å². The number of hydrogen-bond donors (Lipinski definition) is 2. The maximum atomic E-state index is 14.4. The molecule has 3 aromatic carbocycles. The molecule has 3 N–H and O–H groups in total. The van der Waals surface area contributed by atoms with Crippen LogP contribution >= 0.6 is 0 Å². The Balaban J connectivity index is 1.45. The third kappa shape index (κ3) is 7.70. The SMILES string of the molecule is Cc1cccc(C)c1-c1cc2nc(n1)NS(=O)(=O)c1cccc(c1)C(=O)N(Cc1ccc(-c3cnc(N)nc3)cc1)[C@H](CC(C)(C)C)CO2. The number of fused-ring (bicyclic) bond motifs is 4. The normalized spacial score (nSPS) is 16.1. The number of nitrogens with zero attached hydrogens (tertiary/aromatic N) is 5. The van der Waals surface area contributed by atoms with Crippen LogP contribution in [0.1, 0.15) is 54.2 Å². The van der Waals surface area contributed by atoms with E-state index in [1.807, 2.05) is 56.3 Å². The van der Waals surface area contributed by atoms with E-state index in [0.717, 1.165) is 33.4 Å². The van der Waals surface area contributed by atoms with Crippen molar-refractivity contribution >= 4 is 27.8 Å². The Kier molecular flexibility index (Phi) is 9.08. The van der Waals surface area contributed by atoms with E-state index in [1.54, 1.807) is 35.5 Å². The summed E-state index contributed by atoms with van der Waals surface area (Å²) in [7, 11) is -4.17. The van der Waals surface area contributed by atoms with Crippen molar-refractivity contribution in [2.45, 2.75) is 58.5 Å². The second-order valence-corrected chi connectivity index (χ2v) is 15.2. The molecule has 0 radical (unpaired) electrons. The number of nitrogens with two attached hydrogens (primary N) is 1. The van der Waals surface area contributed by atoms with Crippen LogP contribution in [0, 0.1) is 19.3 Å². The van der Waals surface area contributed by atoms with E-state index in [2.05, 4.69) is 45.4 Å². The van der Waals surface area contributed by atoms with Gasteiger partial charge in [-0.25, -0.2) is 28.1 Å². The third-order valence-electron chi connectivity index (χ3n) is 8.34. The second-order valence-electron chi connectivity index (χ2n) is 13.5. The lowest BCUT2D eigenvalue weighted by molar-refractivity contribution is 0.0513. The fourth-order valence-electron chi connectivity index (χ4n) is 6.03. The van der Waals surface area contributed by atoms with Crippen molar-refractivity contribution in [2.75, 3.05) is 17.1 Å². The van der Waals surface area contributed by atoms with Gasteiger partial charge in [0.25, 0.3) is 15.9 Å². The molecule has 0 saturated heterocycles. The lowest BCUT2D eigenvalue weighted by Crippen LogP contribution is -2.45. The number of rotatable bonds is 5. The van der Waals surface area contributed by atoms with Crippen LogP contribution in [0.2, 0.25) is 0 Å². The van der Waals surface area contributed by atoms with Gasteiger partial charge in [0, 0.05) is 41.7 Å². The first-order chi connectivity index (χ1) is 23.3. The largest absolute Gasteiger partial charge is 0.475 e. The first-order valence-electron chi connectivity index (χ1n) is 15.9. The summed E-state index contributed by atoms with van der Waals surface area (Å²) < 4.78 is 36.3. The van der Waals surface area contributed by atoms with Crippen molar-refractivity contribution in [1.82, 2.24) is 24.8 Å².